The Balaban J connectivity index is 2.32. The first kappa shape index (κ1) is 8.90. The average molecular weight is 190 g/mol. The second kappa shape index (κ2) is 4.02. The number of hydrogen-bond donors (Lipinski definition) is 0. The van der Waals surface area contributed by atoms with Crippen LogP contribution in [0, 0.1) is 0 Å². The van der Waals surface area contributed by atoms with Crippen molar-refractivity contribution >= 4 is 10.9 Å². The summed E-state index contributed by atoms with van der Waals surface area (Å²) in [6.07, 6.45) is 1.73. The van der Waals surface area contributed by atoms with Crippen molar-refractivity contribution in [1.82, 2.24) is 9.97 Å². The molecule has 14 heavy (non-hydrogen) atoms. The SMILES string of the molecule is COCOc1ncc2ccccc2n1. The van der Waals surface area contributed by atoms with Crippen LogP contribution < -0.4 is 4.74 Å². The molecule has 0 bridgehead atoms. The molecule has 4 heteroatoms. The van der Waals surface area contributed by atoms with Gasteiger partial charge < -0.3 is 9.47 Å². The van der Waals surface area contributed by atoms with E-state index in [4.69, 9.17) is 9.47 Å². The molecule has 2 aromatic rings. The first-order chi connectivity index (χ1) is 6.90. The number of benzene rings is 1. The van der Waals surface area contributed by atoms with Crippen molar-refractivity contribution in [1.29, 1.82) is 0 Å². The van der Waals surface area contributed by atoms with E-state index in [0.29, 0.717) is 6.01 Å². The molecule has 0 aliphatic rings. The molecule has 4 nitrogen and oxygen atoms in total. The first-order valence-electron chi connectivity index (χ1n) is 4.23. The Hall–Kier alpha value is -1.68. The number of nitrogens with zero attached hydrogens (tertiary/aromatic N) is 2. The quantitative estimate of drug-likeness (QED) is 0.690. The summed E-state index contributed by atoms with van der Waals surface area (Å²) in [5, 5.41) is 0.997. The van der Waals surface area contributed by atoms with Crippen molar-refractivity contribution in [2.45, 2.75) is 0 Å². The Kier molecular flexibility index (Phi) is 2.55. The third kappa shape index (κ3) is 1.80. The largest absolute Gasteiger partial charge is 0.436 e. The molecule has 1 heterocycles. The fourth-order valence-electron chi connectivity index (χ4n) is 1.14. The van der Waals surface area contributed by atoms with Crippen LogP contribution in [0.2, 0.25) is 0 Å². The van der Waals surface area contributed by atoms with Crippen LogP contribution in [0.4, 0.5) is 0 Å². The van der Waals surface area contributed by atoms with Gasteiger partial charge in [-0.15, -0.1) is 0 Å². The number of rotatable bonds is 3. The summed E-state index contributed by atoms with van der Waals surface area (Å²) in [7, 11) is 1.56. The highest BCUT2D eigenvalue weighted by molar-refractivity contribution is 5.77. The van der Waals surface area contributed by atoms with Gasteiger partial charge in [-0.2, -0.15) is 4.98 Å². The molecular weight excluding hydrogens is 180 g/mol. The monoisotopic (exact) mass is 190 g/mol. The summed E-state index contributed by atoms with van der Waals surface area (Å²) in [5.74, 6) is 0. The maximum atomic E-state index is 5.12. The van der Waals surface area contributed by atoms with E-state index in [1.807, 2.05) is 24.3 Å². The highest BCUT2D eigenvalue weighted by Gasteiger charge is 1.98. The van der Waals surface area contributed by atoms with E-state index in [0.717, 1.165) is 10.9 Å². The van der Waals surface area contributed by atoms with Crippen LogP contribution in [0.3, 0.4) is 0 Å². The van der Waals surface area contributed by atoms with Gasteiger partial charge in [-0.25, -0.2) is 4.98 Å². The Bertz CT molecular complexity index is 431. The third-order valence-corrected chi connectivity index (χ3v) is 1.77. The van der Waals surface area contributed by atoms with E-state index in [1.165, 1.54) is 0 Å². The molecule has 0 atom stereocenters. The highest BCUT2D eigenvalue weighted by atomic mass is 16.7. The minimum atomic E-state index is 0.165. The van der Waals surface area contributed by atoms with Gasteiger partial charge in [-0.1, -0.05) is 18.2 Å². The van der Waals surface area contributed by atoms with Gasteiger partial charge in [0, 0.05) is 18.7 Å². The zero-order chi connectivity index (χ0) is 9.80. The fourth-order valence-corrected chi connectivity index (χ4v) is 1.14. The molecule has 0 aliphatic heterocycles. The summed E-state index contributed by atoms with van der Waals surface area (Å²) < 4.78 is 9.87. The van der Waals surface area contributed by atoms with E-state index in [1.54, 1.807) is 13.3 Å². The molecule has 0 aliphatic carbocycles. The lowest BCUT2D eigenvalue weighted by Gasteiger charge is -2.02. The molecule has 0 fully saturated rings. The molecule has 1 aromatic heterocycles. The predicted octanol–water partition coefficient (Wildman–Crippen LogP) is 1.61. The molecule has 0 unspecified atom stereocenters. The summed E-state index contributed by atoms with van der Waals surface area (Å²) in [4.78, 5) is 8.23. The minimum Gasteiger partial charge on any atom is -0.436 e. The van der Waals surface area contributed by atoms with Gasteiger partial charge in [-0.3, -0.25) is 0 Å². The summed E-state index contributed by atoms with van der Waals surface area (Å²) >= 11 is 0. The molecule has 72 valence electrons. The van der Waals surface area contributed by atoms with Gasteiger partial charge in [0.05, 0.1) is 5.52 Å². The first-order valence-corrected chi connectivity index (χ1v) is 4.23. The van der Waals surface area contributed by atoms with Crippen molar-refractivity contribution in [2.75, 3.05) is 13.9 Å². The van der Waals surface area contributed by atoms with Crippen molar-refractivity contribution in [3.05, 3.63) is 30.5 Å². The molecule has 2 rings (SSSR count). The van der Waals surface area contributed by atoms with Crippen molar-refractivity contribution < 1.29 is 9.47 Å². The van der Waals surface area contributed by atoms with Crippen LogP contribution in [0.15, 0.2) is 30.5 Å². The number of ether oxygens (including phenoxy) is 2. The number of aromatic nitrogens is 2. The molecule has 0 saturated heterocycles. The molecule has 0 saturated carbocycles. The van der Waals surface area contributed by atoms with Gasteiger partial charge in [0.2, 0.25) is 0 Å². The van der Waals surface area contributed by atoms with E-state index in [-0.39, 0.29) is 6.79 Å². The Morgan fingerprint density at radius 2 is 2.14 bits per heavy atom. The summed E-state index contributed by atoms with van der Waals surface area (Å²) in [6.45, 7) is 0.165. The third-order valence-electron chi connectivity index (χ3n) is 1.77. The molecule has 0 N–H and O–H groups in total. The summed E-state index contributed by atoms with van der Waals surface area (Å²) in [5.41, 5.74) is 0.869. The minimum absolute atomic E-state index is 0.165. The lowest BCUT2D eigenvalue weighted by molar-refractivity contribution is 0.0445. The van der Waals surface area contributed by atoms with Gasteiger partial charge in [0.25, 0.3) is 0 Å². The van der Waals surface area contributed by atoms with Crippen molar-refractivity contribution in [3.8, 4) is 6.01 Å². The van der Waals surface area contributed by atoms with Crippen molar-refractivity contribution in [3.63, 3.8) is 0 Å². The van der Waals surface area contributed by atoms with E-state index in [9.17, 15) is 0 Å². The molecule has 0 radical (unpaired) electrons. The van der Waals surface area contributed by atoms with E-state index in [2.05, 4.69) is 9.97 Å². The molecule has 1 aromatic carbocycles. The maximum absolute atomic E-state index is 5.12. The Morgan fingerprint density at radius 1 is 1.29 bits per heavy atom. The average Bonchev–Trinajstić information content (AvgIpc) is 2.26. The Labute approximate surface area is 81.5 Å². The van der Waals surface area contributed by atoms with Gasteiger partial charge in [0.1, 0.15) is 0 Å². The lowest BCUT2D eigenvalue weighted by Crippen LogP contribution is -2.02. The smallest absolute Gasteiger partial charge is 0.319 e. The van der Waals surface area contributed by atoms with Gasteiger partial charge >= 0.3 is 6.01 Å². The van der Waals surface area contributed by atoms with Crippen LogP contribution in [0.5, 0.6) is 6.01 Å². The maximum Gasteiger partial charge on any atom is 0.319 e. The zero-order valence-electron chi connectivity index (χ0n) is 7.80. The van der Waals surface area contributed by atoms with Gasteiger partial charge in [0.15, 0.2) is 6.79 Å². The highest BCUT2D eigenvalue weighted by Crippen LogP contribution is 2.12. The predicted molar refractivity (Wildman–Crippen MR) is 52.0 cm³/mol. The van der Waals surface area contributed by atoms with Crippen LogP contribution in [0.25, 0.3) is 10.9 Å². The Morgan fingerprint density at radius 3 is 3.00 bits per heavy atom. The number of para-hydroxylation sites is 1. The van der Waals surface area contributed by atoms with Crippen LogP contribution >= 0.6 is 0 Å². The van der Waals surface area contributed by atoms with Crippen LogP contribution in [-0.2, 0) is 4.74 Å². The lowest BCUT2D eigenvalue weighted by atomic mass is 10.2. The van der Waals surface area contributed by atoms with E-state index < -0.39 is 0 Å². The number of fused-ring (bicyclic) bond motifs is 1. The summed E-state index contributed by atoms with van der Waals surface area (Å²) in [6, 6.07) is 8.08. The number of hydrogen-bond acceptors (Lipinski definition) is 4. The molecular formula is C10H10N2O2. The molecule has 0 spiro atoms. The zero-order valence-corrected chi connectivity index (χ0v) is 7.80. The van der Waals surface area contributed by atoms with Crippen LogP contribution in [0.1, 0.15) is 0 Å². The second-order valence-electron chi connectivity index (χ2n) is 2.76. The molecule has 0 amide bonds. The van der Waals surface area contributed by atoms with Crippen molar-refractivity contribution in [2.24, 2.45) is 0 Å². The van der Waals surface area contributed by atoms with E-state index >= 15 is 0 Å². The second-order valence-corrected chi connectivity index (χ2v) is 2.76. The normalized spacial score (nSPS) is 10.4. The van der Waals surface area contributed by atoms with Gasteiger partial charge in [-0.05, 0) is 6.07 Å². The van der Waals surface area contributed by atoms with Crippen LogP contribution in [-0.4, -0.2) is 23.9 Å². The number of methoxy groups -OCH3 is 1. The topological polar surface area (TPSA) is 44.2 Å². The standard InChI is InChI=1S/C10H10N2O2/c1-13-7-14-10-11-6-8-4-2-3-5-9(8)12-10/h2-6H,7H2,1H3. The fraction of sp³-hybridized carbons (Fsp3) is 0.200.